The highest BCUT2D eigenvalue weighted by atomic mass is 35.5. The number of piperazine rings is 1. The molecule has 0 radical (unpaired) electrons. The van der Waals surface area contributed by atoms with Crippen molar-refractivity contribution < 1.29 is 27.1 Å². The van der Waals surface area contributed by atoms with Gasteiger partial charge in [-0.05, 0) is 6.07 Å². The molecular weight excluding hydrogens is 340 g/mol. The summed E-state index contributed by atoms with van der Waals surface area (Å²) >= 11 is 0. The summed E-state index contributed by atoms with van der Waals surface area (Å²) < 4.78 is 56.9. The average Bonchev–Trinajstić information content (AvgIpc) is 2.53. The Labute approximate surface area is 137 Å². The molecule has 1 aliphatic heterocycles. The first-order chi connectivity index (χ1) is 10.4. The molecular formula is C14H17ClF4N2O2. The van der Waals surface area contributed by atoms with E-state index in [1.165, 1.54) is 7.11 Å². The maximum Gasteiger partial charge on any atom is 0.383 e. The van der Waals surface area contributed by atoms with Crippen molar-refractivity contribution in [2.75, 3.05) is 26.7 Å². The van der Waals surface area contributed by atoms with Gasteiger partial charge < -0.3 is 15.0 Å². The summed E-state index contributed by atoms with van der Waals surface area (Å²) in [6, 6.07) is 5.82. The fraction of sp³-hybridized carbons (Fsp3) is 0.500. The van der Waals surface area contributed by atoms with Crippen LogP contribution in [0.3, 0.4) is 0 Å². The van der Waals surface area contributed by atoms with Crippen molar-refractivity contribution in [3.8, 4) is 5.75 Å². The number of para-hydroxylation sites is 1. The molecule has 0 bridgehead atoms. The summed E-state index contributed by atoms with van der Waals surface area (Å²) in [6.07, 6.45) is -4.03. The number of amides is 1. The van der Waals surface area contributed by atoms with Gasteiger partial charge in [0.2, 0.25) is 0 Å². The minimum Gasteiger partial charge on any atom is -0.496 e. The third kappa shape index (κ3) is 3.87. The van der Waals surface area contributed by atoms with Gasteiger partial charge in [-0.3, -0.25) is 4.79 Å². The molecule has 1 aliphatic rings. The van der Waals surface area contributed by atoms with E-state index in [0.717, 1.165) is 4.90 Å². The number of carbonyl (C=O) groups excluding carboxylic acids is 1. The molecule has 1 saturated heterocycles. The monoisotopic (exact) mass is 356 g/mol. The van der Waals surface area contributed by atoms with E-state index in [0.29, 0.717) is 11.3 Å². The second kappa shape index (κ2) is 7.83. The number of alkyl halides is 4. The van der Waals surface area contributed by atoms with Gasteiger partial charge in [0.25, 0.3) is 5.91 Å². The second-order valence-corrected chi connectivity index (χ2v) is 4.88. The minimum atomic E-state index is -4.70. The van der Waals surface area contributed by atoms with Gasteiger partial charge in [-0.1, -0.05) is 18.2 Å². The summed E-state index contributed by atoms with van der Waals surface area (Å²) in [4.78, 5) is 12.7. The van der Waals surface area contributed by atoms with Gasteiger partial charge in [-0.25, -0.2) is 8.78 Å². The number of hydrogen-bond donors (Lipinski definition) is 1. The van der Waals surface area contributed by atoms with Crippen LogP contribution >= 0.6 is 12.4 Å². The summed E-state index contributed by atoms with van der Waals surface area (Å²) in [5, 5.41) is 2.97. The molecule has 0 aromatic heterocycles. The zero-order chi connectivity index (χ0) is 16.3. The van der Waals surface area contributed by atoms with Crippen LogP contribution in [-0.2, 0) is 4.79 Å². The number of benzene rings is 1. The van der Waals surface area contributed by atoms with Gasteiger partial charge in [0.05, 0.1) is 13.2 Å². The molecule has 1 N–H and O–H groups in total. The molecule has 2 rings (SSSR count). The van der Waals surface area contributed by atoms with E-state index >= 15 is 0 Å². The molecule has 1 unspecified atom stereocenters. The van der Waals surface area contributed by atoms with Crippen molar-refractivity contribution in [3.63, 3.8) is 0 Å². The Kier molecular flexibility index (Phi) is 6.64. The number of methoxy groups -OCH3 is 1. The molecule has 4 nitrogen and oxygen atoms in total. The van der Waals surface area contributed by atoms with Crippen LogP contribution in [0.25, 0.3) is 0 Å². The van der Waals surface area contributed by atoms with Crippen LogP contribution in [0.1, 0.15) is 11.6 Å². The number of nitrogens with one attached hydrogen (secondary N) is 1. The van der Waals surface area contributed by atoms with Crippen LogP contribution in [-0.4, -0.2) is 49.9 Å². The average molecular weight is 357 g/mol. The van der Waals surface area contributed by atoms with Crippen LogP contribution in [0.2, 0.25) is 0 Å². The molecule has 1 amide bonds. The van der Waals surface area contributed by atoms with Crippen molar-refractivity contribution in [2.45, 2.75) is 18.4 Å². The van der Waals surface area contributed by atoms with Gasteiger partial charge in [0, 0.05) is 25.2 Å². The summed E-state index contributed by atoms with van der Waals surface area (Å²) in [5.41, 5.74) is 0.496. The van der Waals surface area contributed by atoms with Crippen molar-refractivity contribution >= 4 is 18.3 Å². The number of halogens is 5. The lowest BCUT2D eigenvalue weighted by molar-refractivity contribution is -0.183. The van der Waals surface area contributed by atoms with E-state index in [9.17, 15) is 22.4 Å². The fourth-order valence-electron chi connectivity index (χ4n) is 2.45. The van der Waals surface area contributed by atoms with Crippen LogP contribution in [0.15, 0.2) is 24.3 Å². The summed E-state index contributed by atoms with van der Waals surface area (Å²) in [5.74, 6) is -6.15. The van der Waals surface area contributed by atoms with E-state index < -0.39 is 24.3 Å². The van der Waals surface area contributed by atoms with Crippen LogP contribution in [0.5, 0.6) is 5.75 Å². The Balaban J connectivity index is 0.00000264. The highest BCUT2D eigenvalue weighted by Gasteiger charge is 2.52. The molecule has 1 aromatic rings. The van der Waals surface area contributed by atoms with Crippen LogP contribution in [0.4, 0.5) is 17.6 Å². The normalized spacial score (nSPS) is 18.5. The van der Waals surface area contributed by atoms with Crippen molar-refractivity contribution in [3.05, 3.63) is 29.8 Å². The van der Waals surface area contributed by atoms with Crippen molar-refractivity contribution in [1.29, 1.82) is 0 Å². The Bertz CT molecular complexity index is 545. The quantitative estimate of drug-likeness (QED) is 0.843. The lowest BCUT2D eigenvalue weighted by Gasteiger charge is -2.38. The largest absolute Gasteiger partial charge is 0.496 e. The maximum absolute atomic E-state index is 13.4. The van der Waals surface area contributed by atoms with Gasteiger partial charge >= 0.3 is 12.3 Å². The molecule has 0 saturated carbocycles. The Morgan fingerprint density at radius 3 is 2.65 bits per heavy atom. The highest BCUT2D eigenvalue weighted by molar-refractivity contribution is 5.85. The van der Waals surface area contributed by atoms with Gasteiger partial charge in [-0.15, -0.1) is 12.4 Å². The molecule has 1 aromatic carbocycles. The first-order valence-electron chi connectivity index (χ1n) is 6.70. The predicted octanol–water partition coefficient (Wildman–Crippen LogP) is 2.49. The Hall–Kier alpha value is -1.54. The number of ether oxygens (including phenoxy) is 1. The van der Waals surface area contributed by atoms with Gasteiger partial charge in [0.15, 0.2) is 0 Å². The molecule has 0 aliphatic carbocycles. The SMILES string of the molecule is COc1ccccc1C1CNCCN1C(=O)C(F)(F)C(F)F.Cl. The molecule has 23 heavy (non-hydrogen) atoms. The molecule has 1 fully saturated rings. The van der Waals surface area contributed by atoms with Crippen molar-refractivity contribution in [1.82, 2.24) is 10.2 Å². The molecule has 130 valence electrons. The Morgan fingerprint density at radius 2 is 2.04 bits per heavy atom. The van der Waals surface area contributed by atoms with Crippen LogP contribution < -0.4 is 10.1 Å². The standard InChI is InChI=1S/C14H16F4N2O2.ClH/c1-22-11-5-3-2-4-9(11)10-8-19-6-7-20(10)13(21)14(17,18)12(15)16;/h2-5,10,12,19H,6-8H2,1H3;1H. The van der Waals surface area contributed by atoms with Crippen LogP contribution in [0, 0.1) is 0 Å². The van der Waals surface area contributed by atoms with E-state index in [-0.39, 0.29) is 32.0 Å². The predicted molar refractivity (Wildman–Crippen MR) is 78.5 cm³/mol. The summed E-state index contributed by atoms with van der Waals surface area (Å²) in [7, 11) is 1.41. The van der Waals surface area contributed by atoms with E-state index in [1.54, 1.807) is 24.3 Å². The highest BCUT2D eigenvalue weighted by Crippen LogP contribution is 2.34. The van der Waals surface area contributed by atoms with Crippen molar-refractivity contribution in [2.24, 2.45) is 0 Å². The third-order valence-corrected chi connectivity index (χ3v) is 3.56. The van der Waals surface area contributed by atoms with Gasteiger partial charge in [0.1, 0.15) is 5.75 Å². The first kappa shape index (κ1) is 19.5. The number of hydrogen-bond acceptors (Lipinski definition) is 3. The molecule has 1 atom stereocenters. The zero-order valence-electron chi connectivity index (χ0n) is 12.3. The maximum atomic E-state index is 13.4. The minimum absolute atomic E-state index is 0. The smallest absolute Gasteiger partial charge is 0.383 e. The lowest BCUT2D eigenvalue weighted by Crippen LogP contribution is -2.55. The van der Waals surface area contributed by atoms with E-state index in [4.69, 9.17) is 4.74 Å². The van der Waals surface area contributed by atoms with E-state index in [2.05, 4.69) is 5.32 Å². The molecule has 9 heteroatoms. The second-order valence-electron chi connectivity index (χ2n) is 4.88. The Morgan fingerprint density at radius 1 is 1.39 bits per heavy atom. The van der Waals surface area contributed by atoms with E-state index in [1.807, 2.05) is 0 Å². The number of nitrogens with zero attached hydrogens (tertiary/aromatic N) is 1. The number of rotatable bonds is 4. The van der Waals surface area contributed by atoms with Gasteiger partial charge in [-0.2, -0.15) is 8.78 Å². The number of carbonyl (C=O) groups is 1. The summed E-state index contributed by atoms with van der Waals surface area (Å²) in [6.45, 7) is 0.367. The first-order valence-corrected chi connectivity index (χ1v) is 6.70. The lowest BCUT2D eigenvalue weighted by atomic mass is 10.0. The molecule has 0 spiro atoms. The molecule has 1 heterocycles. The zero-order valence-corrected chi connectivity index (χ0v) is 13.1. The fourth-order valence-corrected chi connectivity index (χ4v) is 2.45. The topological polar surface area (TPSA) is 41.6 Å². The third-order valence-electron chi connectivity index (χ3n) is 3.56.